The fourth-order valence-corrected chi connectivity index (χ4v) is 3.83. The van der Waals surface area contributed by atoms with Crippen molar-refractivity contribution >= 4 is 37.5 Å². The molecule has 1 amide bonds. The molecule has 0 unspecified atom stereocenters. The summed E-state index contributed by atoms with van der Waals surface area (Å²) in [4.78, 5) is 13.9. The van der Waals surface area contributed by atoms with Gasteiger partial charge in [-0.2, -0.15) is 0 Å². The lowest BCUT2D eigenvalue weighted by molar-refractivity contribution is -0.129. The van der Waals surface area contributed by atoms with Crippen molar-refractivity contribution in [3.8, 4) is 0 Å². The number of carbonyl (C=O) groups excluding carboxylic acids is 1. The van der Waals surface area contributed by atoms with Crippen LogP contribution in [0.4, 0.5) is 5.69 Å². The van der Waals surface area contributed by atoms with Crippen LogP contribution in [-0.2, 0) is 14.8 Å². The second-order valence-electron chi connectivity index (χ2n) is 5.61. The molecule has 0 saturated carbocycles. The highest BCUT2D eigenvalue weighted by Gasteiger charge is 2.22. The summed E-state index contributed by atoms with van der Waals surface area (Å²) in [5.74, 6) is 0.0253. The summed E-state index contributed by atoms with van der Waals surface area (Å²) >= 11 is 3.42. The molecule has 1 aromatic rings. The van der Waals surface area contributed by atoms with Gasteiger partial charge in [0.2, 0.25) is 15.9 Å². The molecule has 1 aliphatic heterocycles. The van der Waals surface area contributed by atoms with Crippen molar-refractivity contribution in [2.24, 2.45) is 0 Å². The summed E-state index contributed by atoms with van der Waals surface area (Å²) in [6, 6.07) is 5.40. The van der Waals surface area contributed by atoms with Gasteiger partial charge in [-0.15, -0.1) is 0 Å². The van der Waals surface area contributed by atoms with Gasteiger partial charge in [0, 0.05) is 30.5 Å². The van der Waals surface area contributed by atoms with Gasteiger partial charge in [0.1, 0.15) is 0 Å². The summed E-state index contributed by atoms with van der Waals surface area (Å²) in [6.45, 7) is 3.68. The predicted molar refractivity (Wildman–Crippen MR) is 91.5 cm³/mol. The lowest BCUT2D eigenvalue weighted by atomic mass is 10.2. The highest BCUT2D eigenvalue weighted by atomic mass is 79.9. The molecule has 2 rings (SSSR count). The van der Waals surface area contributed by atoms with Crippen LogP contribution in [-0.4, -0.2) is 45.1 Å². The van der Waals surface area contributed by atoms with Crippen molar-refractivity contribution in [1.29, 1.82) is 0 Å². The van der Waals surface area contributed by atoms with E-state index in [0.717, 1.165) is 36.0 Å². The third-order valence-corrected chi connectivity index (χ3v) is 5.88. The van der Waals surface area contributed by atoms with Gasteiger partial charge in [-0.05, 0) is 37.5 Å². The summed E-state index contributed by atoms with van der Waals surface area (Å²) in [5.41, 5.74) is 1.61. The van der Waals surface area contributed by atoms with Crippen LogP contribution in [0.1, 0.15) is 24.8 Å². The molecule has 5 nitrogen and oxygen atoms in total. The molecule has 1 heterocycles. The fourth-order valence-electron chi connectivity index (χ4n) is 2.55. The Labute approximate surface area is 140 Å². The van der Waals surface area contributed by atoms with Crippen molar-refractivity contribution in [2.75, 3.05) is 30.2 Å². The first-order chi connectivity index (χ1) is 10.3. The van der Waals surface area contributed by atoms with E-state index in [4.69, 9.17) is 0 Å². The van der Waals surface area contributed by atoms with Crippen molar-refractivity contribution in [1.82, 2.24) is 4.90 Å². The van der Waals surface area contributed by atoms with Crippen molar-refractivity contribution in [2.45, 2.75) is 26.2 Å². The number of nitrogens with zero attached hydrogens (tertiary/aromatic N) is 2. The number of anilines is 1. The Morgan fingerprint density at radius 2 is 1.95 bits per heavy atom. The number of halogens is 1. The number of aryl methyl sites for hydroxylation is 1. The third kappa shape index (κ3) is 4.23. The normalized spacial score (nSPS) is 15.1. The lowest BCUT2D eigenvalue weighted by Crippen LogP contribution is -2.35. The number of benzene rings is 1. The Morgan fingerprint density at radius 1 is 1.32 bits per heavy atom. The Bertz CT molecular complexity index is 655. The molecule has 1 aromatic carbocycles. The van der Waals surface area contributed by atoms with E-state index in [1.807, 2.05) is 17.9 Å². The molecule has 0 N–H and O–H groups in total. The number of hydrogen-bond donors (Lipinski definition) is 0. The largest absolute Gasteiger partial charge is 0.343 e. The SMILES string of the molecule is Cc1ccc(N(CCC(=O)N2CCCC2)S(C)(=O)=O)cc1Br. The van der Waals surface area contributed by atoms with Gasteiger partial charge in [-0.1, -0.05) is 22.0 Å². The number of carbonyl (C=O) groups is 1. The Balaban J connectivity index is 2.13. The minimum absolute atomic E-state index is 0.0253. The summed E-state index contributed by atoms with van der Waals surface area (Å²) in [7, 11) is -3.43. The monoisotopic (exact) mass is 388 g/mol. The second-order valence-corrected chi connectivity index (χ2v) is 8.37. The van der Waals surface area contributed by atoms with Crippen molar-refractivity contribution in [3.63, 3.8) is 0 Å². The molecule has 0 bridgehead atoms. The Hall–Kier alpha value is -1.08. The van der Waals surface area contributed by atoms with Crippen LogP contribution >= 0.6 is 15.9 Å². The molecule has 122 valence electrons. The first kappa shape index (κ1) is 17.3. The third-order valence-electron chi connectivity index (χ3n) is 3.83. The maximum absolute atomic E-state index is 12.1. The van der Waals surface area contributed by atoms with E-state index in [2.05, 4.69) is 15.9 Å². The quantitative estimate of drug-likeness (QED) is 0.778. The van der Waals surface area contributed by atoms with Crippen LogP contribution in [0.3, 0.4) is 0 Å². The van der Waals surface area contributed by atoms with Crippen LogP contribution in [0, 0.1) is 6.92 Å². The van der Waals surface area contributed by atoms with Crippen molar-refractivity contribution < 1.29 is 13.2 Å². The van der Waals surface area contributed by atoms with Crippen LogP contribution in [0.2, 0.25) is 0 Å². The molecule has 0 spiro atoms. The van der Waals surface area contributed by atoms with Gasteiger partial charge in [-0.25, -0.2) is 8.42 Å². The smallest absolute Gasteiger partial charge is 0.232 e. The molecule has 1 fully saturated rings. The standard InChI is InChI=1S/C15H21BrN2O3S/c1-12-5-6-13(11-14(12)16)18(22(2,20)21)10-7-15(19)17-8-3-4-9-17/h5-6,11H,3-4,7-10H2,1-2H3. The van der Waals surface area contributed by atoms with Crippen LogP contribution in [0.25, 0.3) is 0 Å². The molecule has 0 atom stereocenters. The van der Waals surface area contributed by atoms with Gasteiger partial charge in [0.05, 0.1) is 11.9 Å². The zero-order valence-electron chi connectivity index (χ0n) is 12.9. The van der Waals surface area contributed by atoms with Gasteiger partial charge in [0.25, 0.3) is 0 Å². The fraction of sp³-hybridized carbons (Fsp3) is 0.533. The van der Waals surface area contributed by atoms with Gasteiger partial charge >= 0.3 is 0 Å². The molecule has 7 heteroatoms. The van der Waals surface area contributed by atoms with Crippen LogP contribution < -0.4 is 4.31 Å². The highest BCUT2D eigenvalue weighted by molar-refractivity contribution is 9.10. The molecule has 0 aliphatic carbocycles. The summed E-state index contributed by atoms with van der Waals surface area (Å²) < 4.78 is 26.2. The Morgan fingerprint density at radius 3 is 2.50 bits per heavy atom. The predicted octanol–water partition coefficient (Wildman–Crippen LogP) is 2.54. The van der Waals surface area contributed by atoms with E-state index in [-0.39, 0.29) is 18.9 Å². The number of likely N-dealkylation sites (tertiary alicyclic amines) is 1. The minimum atomic E-state index is -3.43. The average molecular weight is 389 g/mol. The maximum Gasteiger partial charge on any atom is 0.232 e. The maximum atomic E-state index is 12.1. The zero-order chi connectivity index (χ0) is 16.3. The van der Waals surface area contributed by atoms with E-state index >= 15 is 0 Å². The lowest BCUT2D eigenvalue weighted by Gasteiger charge is -2.24. The number of hydrogen-bond acceptors (Lipinski definition) is 3. The summed E-state index contributed by atoms with van der Waals surface area (Å²) in [6.07, 6.45) is 3.44. The van der Waals surface area contributed by atoms with Gasteiger partial charge in [0.15, 0.2) is 0 Å². The molecule has 1 saturated heterocycles. The number of sulfonamides is 1. The van der Waals surface area contributed by atoms with E-state index < -0.39 is 10.0 Å². The first-order valence-corrected chi connectivity index (χ1v) is 9.95. The molecule has 1 aliphatic rings. The summed E-state index contributed by atoms with van der Waals surface area (Å²) in [5, 5.41) is 0. The van der Waals surface area contributed by atoms with Gasteiger partial charge < -0.3 is 4.90 Å². The van der Waals surface area contributed by atoms with E-state index in [1.165, 1.54) is 10.6 Å². The molecule has 0 radical (unpaired) electrons. The molecular formula is C15H21BrN2O3S. The molecule has 22 heavy (non-hydrogen) atoms. The Kier molecular flexibility index (Phi) is 5.50. The number of rotatable bonds is 5. The second kappa shape index (κ2) is 7.00. The minimum Gasteiger partial charge on any atom is -0.343 e. The van der Waals surface area contributed by atoms with E-state index in [0.29, 0.717) is 5.69 Å². The topological polar surface area (TPSA) is 57.7 Å². The van der Waals surface area contributed by atoms with Crippen LogP contribution in [0.15, 0.2) is 22.7 Å². The molecule has 0 aromatic heterocycles. The van der Waals surface area contributed by atoms with E-state index in [1.54, 1.807) is 12.1 Å². The highest BCUT2D eigenvalue weighted by Crippen LogP contribution is 2.25. The van der Waals surface area contributed by atoms with Crippen molar-refractivity contribution in [3.05, 3.63) is 28.2 Å². The van der Waals surface area contributed by atoms with Gasteiger partial charge in [-0.3, -0.25) is 9.10 Å². The first-order valence-electron chi connectivity index (χ1n) is 7.30. The van der Waals surface area contributed by atoms with Crippen LogP contribution in [0.5, 0.6) is 0 Å². The number of amides is 1. The average Bonchev–Trinajstić information content (AvgIpc) is 2.95. The zero-order valence-corrected chi connectivity index (χ0v) is 15.3. The molecular weight excluding hydrogens is 368 g/mol. The van der Waals surface area contributed by atoms with E-state index in [9.17, 15) is 13.2 Å².